The molecule has 0 aliphatic rings. The number of ether oxygens (including phenoxy) is 2. The lowest BCUT2D eigenvalue weighted by Crippen LogP contribution is -2.13. The third-order valence-corrected chi connectivity index (χ3v) is 3.99. The number of H-pyrrole nitrogens is 1. The Labute approximate surface area is 152 Å². The average molecular weight is 377 g/mol. The van der Waals surface area contributed by atoms with Gasteiger partial charge in [-0.1, -0.05) is 11.6 Å². The lowest BCUT2D eigenvalue weighted by Gasteiger charge is -2.12. The number of hydrogen-bond acceptors (Lipinski definition) is 6. The molecule has 1 aromatic heterocycles. The number of non-ortho nitro benzene ring substituents is 1. The van der Waals surface area contributed by atoms with Gasteiger partial charge in [0.2, 0.25) is 0 Å². The van der Waals surface area contributed by atoms with Crippen molar-refractivity contribution in [2.75, 3.05) is 19.5 Å². The van der Waals surface area contributed by atoms with E-state index in [9.17, 15) is 14.9 Å². The molecule has 2 aromatic carbocycles. The summed E-state index contributed by atoms with van der Waals surface area (Å²) in [5.74, 6) is 0.111. The molecule has 26 heavy (non-hydrogen) atoms. The van der Waals surface area contributed by atoms with Gasteiger partial charge in [-0.3, -0.25) is 20.0 Å². The monoisotopic (exact) mass is 376 g/mol. The zero-order valence-electron chi connectivity index (χ0n) is 13.7. The van der Waals surface area contributed by atoms with Crippen molar-refractivity contribution in [1.82, 2.24) is 10.2 Å². The highest BCUT2D eigenvalue weighted by Gasteiger charge is 2.19. The summed E-state index contributed by atoms with van der Waals surface area (Å²) < 4.78 is 10.3. The first-order valence-corrected chi connectivity index (χ1v) is 7.67. The fraction of sp³-hybridized carbons (Fsp3) is 0.125. The number of benzene rings is 2. The van der Waals surface area contributed by atoms with Gasteiger partial charge in [0.25, 0.3) is 11.6 Å². The van der Waals surface area contributed by atoms with E-state index in [0.717, 1.165) is 0 Å². The average Bonchev–Trinajstić information content (AvgIpc) is 3.05. The highest BCUT2D eigenvalue weighted by atomic mass is 35.5. The number of fused-ring (bicyclic) bond motifs is 1. The summed E-state index contributed by atoms with van der Waals surface area (Å²) >= 11 is 6.04. The molecule has 3 aromatic rings. The molecule has 0 bridgehead atoms. The normalized spacial score (nSPS) is 10.6. The van der Waals surface area contributed by atoms with Crippen LogP contribution in [0, 0.1) is 10.1 Å². The van der Waals surface area contributed by atoms with E-state index >= 15 is 0 Å². The van der Waals surface area contributed by atoms with Crippen LogP contribution in [0.15, 0.2) is 30.3 Å². The van der Waals surface area contributed by atoms with Crippen molar-refractivity contribution in [2.24, 2.45) is 0 Å². The molecule has 9 nitrogen and oxygen atoms in total. The summed E-state index contributed by atoms with van der Waals surface area (Å²) in [5.41, 5.74) is 0.695. The Kier molecular flexibility index (Phi) is 4.63. The van der Waals surface area contributed by atoms with Gasteiger partial charge in [0.05, 0.1) is 35.4 Å². The number of nitro groups is 1. The number of nitro benzene ring substituents is 1. The van der Waals surface area contributed by atoms with Crippen molar-refractivity contribution in [3.8, 4) is 11.5 Å². The van der Waals surface area contributed by atoms with Crippen molar-refractivity contribution in [3.05, 3.63) is 51.2 Å². The number of halogens is 1. The molecule has 1 heterocycles. The van der Waals surface area contributed by atoms with Gasteiger partial charge in [0, 0.05) is 29.7 Å². The predicted molar refractivity (Wildman–Crippen MR) is 95.3 cm³/mol. The molecular weight excluding hydrogens is 364 g/mol. The van der Waals surface area contributed by atoms with Crippen LogP contribution in [0.5, 0.6) is 11.5 Å². The van der Waals surface area contributed by atoms with E-state index in [0.29, 0.717) is 33.1 Å². The maximum Gasteiger partial charge on any atom is 0.276 e. The fourth-order valence-corrected chi connectivity index (χ4v) is 2.66. The minimum Gasteiger partial charge on any atom is -0.495 e. The third-order valence-electron chi connectivity index (χ3n) is 3.69. The summed E-state index contributed by atoms with van der Waals surface area (Å²) in [6, 6.07) is 7.12. The molecule has 0 saturated carbocycles. The van der Waals surface area contributed by atoms with E-state index in [4.69, 9.17) is 21.1 Å². The van der Waals surface area contributed by atoms with E-state index in [1.165, 1.54) is 44.6 Å². The Hall–Kier alpha value is -3.33. The van der Waals surface area contributed by atoms with Crippen LogP contribution in [0.2, 0.25) is 5.02 Å². The molecule has 3 rings (SSSR count). The Balaban J connectivity index is 1.99. The smallest absolute Gasteiger partial charge is 0.276 e. The first-order chi connectivity index (χ1) is 12.4. The van der Waals surface area contributed by atoms with Gasteiger partial charge < -0.3 is 14.8 Å². The summed E-state index contributed by atoms with van der Waals surface area (Å²) in [4.78, 5) is 23.0. The van der Waals surface area contributed by atoms with Gasteiger partial charge >= 0.3 is 0 Å². The molecule has 10 heteroatoms. The number of amides is 1. The van der Waals surface area contributed by atoms with Crippen LogP contribution < -0.4 is 14.8 Å². The minimum absolute atomic E-state index is 0.0136. The summed E-state index contributed by atoms with van der Waals surface area (Å²) in [6.07, 6.45) is 0. The van der Waals surface area contributed by atoms with Crippen LogP contribution in [-0.4, -0.2) is 35.2 Å². The number of rotatable bonds is 5. The van der Waals surface area contributed by atoms with Crippen molar-refractivity contribution in [1.29, 1.82) is 0 Å². The second-order valence-electron chi connectivity index (χ2n) is 5.20. The number of methoxy groups -OCH3 is 2. The van der Waals surface area contributed by atoms with Crippen LogP contribution in [0.3, 0.4) is 0 Å². The number of nitrogens with zero attached hydrogens (tertiary/aromatic N) is 2. The fourth-order valence-electron chi connectivity index (χ4n) is 2.43. The molecule has 0 aliphatic carbocycles. The van der Waals surface area contributed by atoms with Gasteiger partial charge in [0.1, 0.15) is 11.5 Å². The van der Waals surface area contributed by atoms with Crippen LogP contribution in [-0.2, 0) is 0 Å². The second kappa shape index (κ2) is 6.89. The van der Waals surface area contributed by atoms with Gasteiger partial charge in [-0.2, -0.15) is 5.10 Å². The van der Waals surface area contributed by atoms with Crippen LogP contribution >= 0.6 is 11.6 Å². The topological polar surface area (TPSA) is 119 Å². The zero-order chi connectivity index (χ0) is 18.8. The van der Waals surface area contributed by atoms with Crippen LogP contribution in [0.1, 0.15) is 10.5 Å². The maximum atomic E-state index is 12.6. The van der Waals surface area contributed by atoms with Gasteiger partial charge in [-0.25, -0.2) is 0 Å². The van der Waals surface area contributed by atoms with E-state index in [1.807, 2.05) is 0 Å². The number of carbonyl (C=O) groups excluding carboxylic acids is 1. The number of aromatic nitrogens is 2. The van der Waals surface area contributed by atoms with Gasteiger partial charge in [-0.05, 0) is 6.07 Å². The maximum absolute atomic E-state index is 12.6. The molecule has 0 fully saturated rings. The first kappa shape index (κ1) is 17.5. The lowest BCUT2D eigenvalue weighted by atomic mass is 10.1. The Morgan fingerprint density at radius 2 is 1.96 bits per heavy atom. The van der Waals surface area contributed by atoms with Crippen molar-refractivity contribution < 1.29 is 19.2 Å². The Morgan fingerprint density at radius 3 is 2.62 bits per heavy atom. The SMILES string of the molecule is COc1cc(NC(=O)c2n[nH]c3ccc([N+](=O)[O-])cc23)c(OC)cc1Cl. The largest absolute Gasteiger partial charge is 0.495 e. The predicted octanol–water partition coefficient (Wildman–Crippen LogP) is 3.39. The number of aromatic amines is 1. The van der Waals surface area contributed by atoms with Crippen molar-refractivity contribution in [3.63, 3.8) is 0 Å². The van der Waals surface area contributed by atoms with Gasteiger partial charge in [0.15, 0.2) is 5.69 Å². The molecular formula is C16H13ClN4O5. The highest BCUT2D eigenvalue weighted by molar-refractivity contribution is 6.32. The Morgan fingerprint density at radius 1 is 1.23 bits per heavy atom. The second-order valence-corrected chi connectivity index (χ2v) is 5.61. The summed E-state index contributed by atoms with van der Waals surface area (Å²) in [7, 11) is 2.88. The quantitative estimate of drug-likeness (QED) is 0.520. The number of nitrogens with one attached hydrogen (secondary N) is 2. The van der Waals surface area contributed by atoms with Crippen LogP contribution in [0.25, 0.3) is 10.9 Å². The molecule has 1 amide bonds. The first-order valence-electron chi connectivity index (χ1n) is 7.30. The molecule has 0 unspecified atom stereocenters. The van der Waals surface area contributed by atoms with E-state index < -0.39 is 10.8 Å². The molecule has 0 aliphatic heterocycles. The van der Waals surface area contributed by atoms with Gasteiger partial charge in [-0.15, -0.1) is 0 Å². The number of hydrogen-bond donors (Lipinski definition) is 2. The van der Waals surface area contributed by atoms with E-state index in [-0.39, 0.29) is 11.4 Å². The zero-order valence-corrected chi connectivity index (χ0v) is 14.5. The number of anilines is 1. The minimum atomic E-state index is -0.570. The Bertz CT molecular complexity index is 1020. The van der Waals surface area contributed by atoms with Crippen molar-refractivity contribution >= 4 is 39.8 Å². The van der Waals surface area contributed by atoms with E-state index in [1.54, 1.807) is 0 Å². The lowest BCUT2D eigenvalue weighted by molar-refractivity contribution is -0.384. The molecule has 0 saturated heterocycles. The number of carbonyl (C=O) groups is 1. The third kappa shape index (κ3) is 3.11. The molecule has 2 N–H and O–H groups in total. The summed E-state index contributed by atoms with van der Waals surface area (Å²) in [6.45, 7) is 0. The van der Waals surface area contributed by atoms with E-state index in [2.05, 4.69) is 15.5 Å². The standard InChI is InChI=1S/C16H13ClN4O5/c1-25-13-7-12(14(26-2)6-10(13)17)18-16(22)15-9-5-8(21(23)24)3-4-11(9)19-20-15/h3-7H,1-2H3,(H,18,22)(H,19,20). The molecule has 0 spiro atoms. The molecule has 134 valence electrons. The molecule has 0 atom stereocenters. The van der Waals surface area contributed by atoms with Crippen molar-refractivity contribution in [2.45, 2.75) is 0 Å². The summed E-state index contributed by atoms with van der Waals surface area (Å²) in [5, 5.41) is 20.9. The molecule has 0 radical (unpaired) electrons. The van der Waals surface area contributed by atoms with Crippen LogP contribution in [0.4, 0.5) is 11.4 Å². The highest BCUT2D eigenvalue weighted by Crippen LogP contribution is 2.36.